The van der Waals surface area contributed by atoms with E-state index in [2.05, 4.69) is 10.6 Å². The van der Waals surface area contributed by atoms with E-state index in [-0.39, 0.29) is 57.2 Å². The van der Waals surface area contributed by atoms with Gasteiger partial charge < -0.3 is 29.7 Å². The third-order valence-corrected chi connectivity index (χ3v) is 4.75. The highest BCUT2D eigenvalue weighted by Gasteiger charge is 2.35. The van der Waals surface area contributed by atoms with Crippen molar-refractivity contribution in [2.24, 2.45) is 0 Å². The van der Waals surface area contributed by atoms with E-state index in [1.165, 1.54) is 0 Å². The average molecular weight is 544 g/mol. The van der Waals surface area contributed by atoms with E-state index in [1.807, 2.05) is 0 Å². The van der Waals surface area contributed by atoms with Crippen LogP contribution in [0.2, 0.25) is 0 Å². The standard InChI is InChI=1S/C25H41N3O10/c1-24(2,3)36-21(32)13-16-35-15-12-18(29)26-14-8-7-9-17(27-23(34)37-25(4,5)6)22(33)38-28-19(30)10-11-20(28)31/h17H,7-16H2,1-6H3,(H,26,29)(H,27,34)/t17-/m0/s1. The lowest BCUT2D eigenvalue weighted by Gasteiger charge is -2.23. The van der Waals surface area contributed by atoms with Crippen LogP contribution in [0, 0.1) is 0 Å². The van der Waals surface area contributed by atoms with Crippen LogP contribution in [-0.4, -0.2) is 77.8 Å². The first kappa shape index (κ1) is 32.8. The van der Waals surface area contributed by atoms with Crippen LogP contribution in [0.4, 0.5) is 4.79 Å². The van der Waals surface area contributed by atoms with E-state index in [9.17, 15) is 28.8 Å². The largest absolute Gasteiger partial charge is 0.460 e. The van der Waals surface area contributed by atoms with Gasteiger partial charge in [-0.05, 0) is 60.8 Å². The SMILES string of the molecule is CC(C)(C)OC(=O)CCOCCC(=O)NCCCC[C@H](NC(=O)OC(C)(C)C)C(=O)ON1C(=O)CCC1=O. The molecule has 0 bridgehead atoms. The number of hydrogen-bond donors (Lipinski definition) is 2. The smallest absolute Gasteiger partial charge is 0.408 e. The fraction of sp³-hybridized carbons (Fsp3) is 0.760. The van der Waals surface area contributed by atoms with Crippen molar-refractivity contribution in [2.45, 2.75) is 104 Å². The Balaban J connectivity index is 2.38. The Morgan fingerprint density at radius 2 is 1.45 bits per heavy atom. The first-order valence-corrected chi connectivity index (χ1v) is 12.7. The Labute approximate surface area is 223 Å². The Bertz CT molecular complexity index is 844. The molecule has 0 aromatic rings. The number of nitrogens with zero attached hydrogens (tertiary/aromatic N) is 1. The van der Waals surface area contributed by atoms with E-state index in [4.69, 9.17) is 19.0 Å². The molecule has 13 heteroatoms. The molecule has 2 N–H and O–H groups in total. The molecule has 216 valence electrons. The summed E-state index contributed by atoms with van der Waals surface area (Å²) in [6, 6.07) is -1.17. The van der Waals surface area contributed by atoms with Crippen molar-refractivity contribution in [3.63, 3.8) is 0 Å². The molecule has 1 saturated heterocycles. The third-order valence-electron chi connectivity index (χ3n) is 4.75. The number of unbranched alkanes of at least 4 members (excludes halogenated alkanes) is 1. The molecule has 0 aromatic heterocycles. The number of amides is 4. The summed E-state index contributed by atoms with van der Waals surface area (Å²) in [6.45, 7) is 10.9. The lowest BCUT2D eigenvalue weighted by molar-refractivity contribution is -0.199. The second-order valence-electron chi connectivity index (χ2n) is 10.7. The highest BCUT2D eigenvalue weighted by atomic mass is 16.7. The van der Waals surface area contributed by atoms with Gasteiger partial charge in [-0.1, -0.05) is 0 Å². The van der Waals surface area contributed by atoms with Gasteiger partial charge in [-0.15, -0.1) is 5.06 Å². The van der Waals surface area contributed by atoms with E-state index in [0.29, 0.717) is 24.4 Å². The van der Waals surface area contributed by atoms with Crippen LogP contribution in [0.25, 0.3) is 0 Å². The molecule has 1 aliphatic rings. The number of alkyl carbamates (subject to hydrolysis) is 1. The minimum Gasteiger partial charge on any atom is -0.460 e. The number of ether oxygens (including phenoxy) is 3. The van der Waals surface area contributed by atoms with Crippen LogP contribution in [0.5, 0.6) is 0 Å². The van der Waals surface area contributed by atoms with Crippen molar-refractivity contribution in [1.29, 1.82) is 0 Å². The van der Waals surface area contributed by atoms with Gasteiger partial charge in [0.1, 0.15) is 17.2 Å². The molecule has 0 unspecified atom stereocenters. The number of hydrogen-bond acceptors (Lipinski definition) is 10. The van der Waals surface area contributed by atoms with Crippen molar-refractivity contribution in [3.05, 3.63) is 0 Å². The van der Waals surface area contributed by atoms with Crippen LogP contribution < -0.4 is 10.6 Å². The second kappa shape index (κ2) is 15.3. The maximum Gasteiger partial charge on any atom is 0.408 e. The van der Waals surface area contributed by atoms with Crippen LogP contribution in [0.1, 0.15) is 86.5 Å². The number of rotatable bonds is 14. The first-order chi connectivity index (χ1) is 17.6. The average Bonchev–Trinajstić information content (AvgIpc) is 3.07. The molecule has 1 atom stereocenters. The molecule has 1 aliphatic heterocycles. The third kappa shape index (κ3) is 14.5. The highest BCUT2D eigenvalue weighted by Crippen LogP contribution is 2.15. The van der Waals surface area contributed by atoms with Gasteiger partial charge in [-0.3, -0.25) is 19.2 Å². The van der Waals surface area contributed by atoms with Gasteiger partial charge in [-0.25, -0.2) is 9.59 Å². The number of carbonyl (C=O) groups is 6. The number of esters is 1. The minimum absolute atomic E-state index is 0.0508. The molecule has 1 heterocycles. The molecule has 13 nitrogen and oxygen atoms in total. The predicted molar refractivity (Wildman–Crippen MR) is 133 cm³/mol. The maximum atomic E-state index is 12.6. The van der Waals surface area contributed by atoms with Crippen molar-refractivity contribution >= 4 is 35.8 Å². The van der Waals surface area contributed by atoms with Crippen LogP contribution in [-0.2, 0) is 43.0 Å². The maximum absolute atomic E-state index is 12.6. The zero-order chi connectivity index (χ0) is 28.9. The normalized spacial score (nSPS) is 14.6. The van der Waals surface area contributed by atoms with Crippen LogP contribution >= 0.6 is 0 Å². The minimum atomic E-state index is -1.17. The van der Waals surface area contributed by atoms with Gasteiger partial charge in [-0.2, -0.15) is 0 Å². The molecule has 38 heavy (non-hydrogen) atoms. The van der Waals surface area contributed by atoms with Crippen LogP contribution in [0.15, 0.2) is 0 Å². The lowest BCUT2D eigenvalue weighted by Crippen LogP contribution is -2.46. The molecule has 1 rings (SSSR count). The summed E-state index contributed by atoms with van der Waals surface area (Å²) >= 11 is 0. The van der Waals surface area contributed by atoms with Crippen molar-refractivity contribution < 1.29 is 47.8 Å². The zero-order valence-corrected chi connectivity index (χ0v) is 23.2. The lowest BCUT2D eigenvalue weighted by atomic mass is 10.1. The fourth-order valence-corrected chi connectivity index (χ4v) is 3.11. The summed E-state index contributed by atoms with van der Waals surface area (Å²) in [4.78, 5) is 76.8. The van der Waals surface area contributed by atoms with E-state index in [0.717, 1.165) is 0 Å². The Morgan fingerprint density at radius 1 is 0.868 bits per heavy atom. The number of carbonyl (C=O) groups excluding carboxylic acids is 6. The summed E-state index contributed by atoms with van der Waals surface area (Å²) in [7, 11) is 0. The first-order valence-electron chi connectivity index (χ1n) is 12.7. The Kier molecular flexibility index (Phi) is 13.2. The summed E-state index contributed by atoms with van der Waals surface area (Å²) < 4.78 is 15.6. The summed E-state index contributed by atoms with van der Waals surface area (Å²) in [5.74, 6) is -2.83. The van der Waals surface area contributed by atoms with Gasteiger partial charge in [0.05, 0.1) is 19.6 Å². The van der Waals surface area contributed by atoms with E-state index >= 15 is 0 Å². The van der Waals surface area contributed by atoms with Crippen molar-refractivity contribution in [2.75, 3.05) is 19.8 Å². The van der Waals surface area contributed by atoms with Gasteiger partial charge in [0.25, 0.3) is 11.8 Å². The second-order valence-corrected chi connectivity index (χ2v) is 10.7. The number of imide groups is 1. The van der Waals surface area contributed by atoms with Crippen molar-refractivity contribution in [1.82, 2.24) is 15.7 Å². The monoisotopic (exact) mass is 543 g/mol. The molecule has 0 spiro atoms. The molecule has 0 aromatic carbocycles. The van der Waals surface area contributed by atoms with E-state index < -0.39 is 41.1 Å². The molecular formula is C25H41N3O10. The summed E-state index contributed by atoms with van der Waals surface area (Å²) in [5, 5.41) is 5.56. The zero-order valence-electron chi connectivity index (χ0n) is 23.2. The van der Waals surface area contributed by atoms with Gasteiger partial charge in [0.15, 0.2) is 0 Å². The topological polar surface area (TPSA) is 167 Å². The molecule has 0 radical (unpaired) electrons. The molecular weight excluding hydrogens is 502 g/mol. The summed E-state index contributed by atoms with van der Waals surface area (Å²) in [6.07, 6.45) is 0.268. The molecule has 1 fully saturated rings. The van der Waals surface area contributed by atoms with Crippen molar-refractivity contribution in [3.8, 4) is 0 Å². The van der Waals surface area contributed by atoms with Gasteiger partial charge >= 0.3 is 18.0 Å². The van der Waals surface area contributed by atoms with E-state index in [1.54, 1.807) is 41.5 Å². The number of nitrogens with one attached hydrogen (secondary N) is 2. The number of hydroxylamine groups is 2. The Hall–Kier alpha value is -3.22. The van der Waals surface area contributed by atoms with Gasteiger partial charge in [0, 0.05) is 25.8 Å². The molecule has 0 saturated carbocycles. The Morgan fingerprint density at radius 3 is 2.03 bits per heavy atom. The predicted octanol–water partition coefficient (Wildman–Crippen LogP) is 1.91. The molecule has 4 amide bonds. The van der Waals surface area contributed by atoms with Crippen LogP contribution in [0.3, 0.4) is 0 Å². The molecule has 0 aliphatic carbocycles. The fourth-order valence-electron chi connectivity index (χ4n) is 3.11. The summed E-state index contributed by atoms with van der Waals surface area (Å²) in [5.41, 5.74) is -1.36. The quantitative estimate of drug-likeness (QED) is 0.188. The highest BCUT2D eigenvalue weighted by molar-refractivity contribution is 6.01. The van der Waals surface area contributed by atoms with Gasteiger partial charge in [0.2, 0.25) is 5.91 Å².